The molecule has 0 atom stereocenters. The van der Waals surface area contributed by atoms with Crippen LogP contribution < -0.4 is 0 Å². The maximum Gasteiger partial charge on any atom is 0.0784 e. The van der Waals surface area contributed by atoms with Gasteiger partial charge in [0.15, 0.2) is 0 Å². The zero-order valence-electron chi connectivity index (χ0n) is 20.7. The lowest BCUT2D eigenvalue weighted by Gasteiger charge is -2.35. The fourth-order valence-electron chi connectivity index (χ4n) is 4.16. The first-order valence-corrected chi connectivity index (χ1v) is 13.4. The van der Waals surface area contributed by atoms with Crippen molar-refractivity contribution in [2.45, 2.75) is 136 Å². The Morgan fingerprint density at radius 3 is 0.966 bits per heavy atom. The second-order valence-electron chi connectivity index (χ2n) is 9.18. The Bertz CT molecular complexity index is 297. The average molecular weight is 427 g/mol. The van der Waals surface area contributed by atoms with Crippen molar-refractivity contribution in [3.05, 3.63) is 0 Å². The molecule has 0 aromatic carbocycles. The molecule has 29 heavy (non-hydrogen) atoms. The van der Waals surface area contributed by atoms with Crippen LogP contribution in [0.15, 0.2) is 0 Å². The molecule has 0 fully saturated rings. The van der Waals surface area contributed by atoms with E-state index in [1.165, 1.54) is 145 Å². The van der Waals surface area contributed by atoms with Crippen LogP contribution >= 0.6 is 0 Å². The fraction of sp³-hybridized carbons (Fsp3) is 0.962. The predicted molar refractivity (Wildman–Crippen MR) is 134 cm³/mol. The van der Waals surface area contributed by atoms with Crippen molar-refractivity contribution in [3.8, 4) is 5.40 Å². The van der Waals surface area contributed by atoms with E-state index in [1.807, 2.05) is 0 Å². The Morgan fingerprint density at radius 2 is 0.724 bits per heavy atom. The van der Waals surface area contributed by atoms with Gasteiger partial charge >= 0.3 is 0 Å². The van der Waals surface area contributed by atoms with Crippen LogP contribution in [0.1, 0.15) is 136 Å². The quantitative estimate of drug-likeness (QED) is 0.0794. The Balaban J connectivity index is 0. The summed E-state index contributed by atoms with van der Waals surface area (Å²) < 4.78 is 1.36. The van der Waals surface area contributed by atoms with Gasteiger partial charge in [-0.25, -0.2) is 5.26 Å². The van der Waals surface area contributed by atoms with Crippen LogP contribution in [0.2, 0.25) is 0 Å². The summed E-state index contributed by atoms with van der Waals surface area (Å²) >= 11 is 3.70. The first-order chi connectivity index (χ1) is 14.1. The lowest BCUT2D eigenvalue weighted by Crippen LogP contribution is -2.46. The van der Waals surface area contributed by atoms with Gasteiger partial charge in [0.05, 0.1) is 26.7 Å². The summed E-state index contributed by atoms with van der Waals surface area (Å²) in [6.07, 6.45) is 25.9. The summed E-state index contributed by atoms with van der Waals surface area (Å²) in [4.78, 5) is 0. The monoisotopic (exact) mass is 426 g/mol. The van der Waals surface area contributed by atoms with Gasteiger partial charge in [0.2, 0.25) is 0 Å². The molecule has 0 aliphatic carbocycles. The number of nitrogens with zero attached hydrogens (tertiary/aromatic N) is 2. The van der Waals surface area contributed by atoms with E-state index in [0.29, 0.717) is 0 Å². The Hall–Kier alpha value is -0.330. The summed E-state index contributed by atoms with van der Waals surface area (Å²) in [7, 11) is 2.56. The van der Waals surface area contributed by atoms with Crippen molar-refractivity contribution in [3.63, 3.8) is 0 Å². The van der Waals surface area contributed by atoms with Crippen molar-refractivity contribution in [2.75, 3.05) is 26.7 Å². The minimum Gasteiger partial charge on any atom is -0.696 e. The number of quaternary nitrogens is 1. The maximum atomic E-state index is 7.13. The molecular formula is C26H54N2S. The molecule has 0 radical (unpaired) electrons. The molecule has 0 rings (SSSR count). The Kier molecular flexibility index (Phi) is 27.4. The molecule has 3 heteroatoms. The molecule has 0 unspecified atom stereocenters. The molecule has 174 valence electrons. The van der Waals surface area contributed by atoms with Crippen molar-refractivity contribution < 1.29 is 4.48 Å². The smallest absolute Gasteiger partial charge is 0.0784 e. The van der Waals surface area contributed by atoms with Crippen LogP contribution in [0.3, 0.4) is 0 Å². The predicted octanol–water partition coefficient (Wildman–Crippen LogP) is 8.53. The van der Waals surface area contributed by atoms with Crippen molar-refractivity contribution >= 4 is 12.6 Å². The summed E-state index contributed by atoms with van der Waals surface area (Å²) in [6, 6.07) is 0. The van der Waals surface area contributed by atoms with Gasteiger partial charge in [-0.15, -0.1) is 0 Å². The minimum atomic E-state index is 1.33. The first-order valence-electron chi connectivity index (χ1n) is 12.9. The number of nitriles is 1. The first kappa shape index (κ1) is 30.9. The Morgan fingerprint density at radius 1 is 0.517 bits per heavy atom. The molecule has 0 spiro atoms. The highest BCUT2D eigenvalue weighted by Gasteiger charge is 2.20. The third kappa shape index (κ3) is 25.6. The van der Waals surface area contributed by atoms with Gasteiger partial charge < -0.3 is 17.1 Å². The molecule has 0 aliphatic heterocycles. The average Bonchev–Trinajstić information content (AvgIpc) is 2.71. The molecule has 0 saturated heterocycles. The standard InChI is InChI=1S/C25H54N.CHNS/c1-5-8-11-14-17-20-23-26(4,24-21-18-15-12-9-6-2)25-22-19-16-13-10-7-3;2-1-3/h5-25H2,1-4H3;3H/q+1;/p-1. The molecule has 0 N–H and O–H groups in total. The maximum absolute atomic E-state index is 7.13. The second kappa shape index (κ2) is 25.7. The van der Waals surface area contributed by atoms with Crippen molar-refractivity contribution in [1.29, 1.82) is 5.26 Å². The van der Waals surface area contributed by atoms with Crippen LogP contribution in [-0.4, -0.2) is 31.2 Å². The lowest BCUT2D eigenvalue weighted by molar-refractivity contribution is -0.910. The van der Waals surface area contributed by atoms with E-state index in [2.05, 4.69) is 40.4 Å². The zero-order valence-corrected chi connectivity index (χ0v) is 21.5. The summed E-state index contributed by atoms with van der Waals surface area (Å²) in [5.74, 6) is 0. The van der Waals surface area contributed by atoms with Crippen molar-refractivity contribution in [1.82, 2.24) is 0 Å². The van der Waals surface area contributed by atoms with Crippen LogP contribution in [-0.2, 0) is 12.6 Å². The molecule has 0 heterocycles. The molecule has 0 aliphatic rings. The highest BCUT2D eigenvalue weighted by Crippen LogP contribution is 2.16. The SMILES string of the molecule is CCCCCCCC[N+](C)(CCCCCCCC)CCCCCCCC.N#C[S-]. The second-order valence-corrected chi connectivity index (χ2v) is 9.37. The van der Waals surface area contributed by atoms with Gasteiger partial charge in [0, 0.05) is 0 Å². The molecule has 0 saturated carbocycles. The Labute approximate surface area is 190 Å². The van der Waals surface area contributed by atoms with E-state index < -0.39 is 0 Å². The third-order valence-corrected chi connectivity index (χ3v) is 6.15. The van der Waals surface area contributed by atoms with Crippen LogP contribution in [0.4, 0.5) is 0 Å². The number of hydrogen-bond acceptors (Lipinski definition) is 2. The minimum absolute atomic E-state index is 1.33. The van der Waals surface area contributed by atoms with Gasteiger partial charge in [-0.3, -0.25) is 0 Å². The van der Waals surface area contributed by atoms with E-state index in [0.717, 1.165) is 0 Å². The number of rotatable bonds is 21. The summed E-state index contributed by atoms with van der Waals surface area (Å²) in [5, 5.41) is 8.47. The fourth-order valence-corrected chi connectivity index (χ4v) is 4.16. The van der Waals surface area contributed by atoms with Crippen molar-refractivity contribution in [2.24, 2.45) is 0 Å². The van der Waals surface area contributed by atoms with E-state index in [9.17, 15) is 0 Å². The molecule has 0 aromatic heterocycles. The zero-order chi connectivity index (χ0) is 22.1. The van der Waals surface area contributed by atoms with Crippen LogP contribution in [0.5, 0.6) is 0 Å². The highest BCUT2D eigenvalue weighted by atomic mass is 32.1. The molecule has 0 amide bonds. The topological polar surface area (TPSA) is 23.8 Å². The molecule has 0 aromatic rings. The number of hydrogen-bond donors (Lipinski definition) is 0. The van der Waals surface area contributed by atoms with Gasteiger partial charge in [0.1, 0.15) is 0 Å². The number of thiocyanates is 1. The van der Waals surface area contributed by atoms with Gasteiger partial charge in [-0.05, 0) is 38.5 Å². The molecular weight excluding hydrogens is 372 g/mol. The number of unbranched alkanes of at least 4 members (excludes halogenated alkanes) is 15. The molecule has 2 nitrogen and oxygen atoms in total. The van der Waals surface area contributed by atoms with Crippen LogP contribution in [0.25, 0.3) is 0 Å². The summed E-state index contributed by atoms with van der Waals surface area (Å²) in [5.41, 5.74) is 0. The van der Waals surface area contributed by atoms with Crippen LogP contribution in [0, 0.1) is 10.7 Å². The van der Waals surface area contributed by atoms with E-state index in [-0.39, 0.29) is 0 Å². The largest absolute Gasteiger partial charge is 0.696 e. The lowest BCUT2D eigenvalue weighted by atomic mass is 10.1. The normalized spacial score (nSPS) is 11.0. The van der Waals surface area contributed by atoms with E-state index in [4.69, 9.17) is 5.26 Å². The van der Waals surface area contributed by atoms with E-state index in [1.54, 1.807) is 0 Å². The van der Waals surface area contributed by atoms with E-state index >= 15 is 0 Å². The van der Waals surface area contributed by atoms with Gasteiger partial charge in [-0.2, -0.15) is 0 Å². The summed E-state index contributed by atoms with van der Waals surface area (Å²) in [6.45, 7) is 11.2. The van der Waals surface area contributed by atoms with Gasteiger partial charge in [-0.1, -0.05) is 103 Å². The third-order valence-electron chi connectivity index (χ3n) is 6.15. The highest BCUT2D eigenvalue weighted by molar-refractivity contribution is 7.64. The van der Waals surface area contributed by atoms with Gasteiger partial charge in [0.25, 0.3) is 0 Å². The molecule has 0 bridgehead atoms.